The molecule has 58 heavy (non-hydrogen) atoms. The summed E-state index contributed by atoms with van der Waals surface area (Å²) in [5.74, 6) is -0.104. The molecule has 0 aromatic rings. The first-order valence-electron chi connectivity index (χ1n) is 23.6. The minimum atomic E-state index is -4.62. The Kier molecular flexibility index (Phi) is 35.3. The molecule has 0 bridgehead atoms. The zero-order valence-electron chi connectivity index (χ0n) is 37.1. The number of hydrogen-bond acceptors (Lipinski definition) is 10. The summed E-state index contributed by atoms with van der Waals surface area (Å²) in [7, 11) is -4.62. The third kappa shape index (κ3) is 35.4. The largest absolute Gasteiger partial charge is 0.472 e. The van der Waals surface area contributed by atoms with Gasteiger partial charge in [-0.15, -0.1) is 0 Å². The molecule has 11 nitrogen and oxygen atoms in total. The van der Waals surface area contributed by atoms with Crippen molar-refractivity contribution in [3.8, 4) is 0 Å². The van der Waals surface area contributed by atoms with Crippen molar-refractivity contribution in [2.45, 2.75) is 238 Å². The highest BCUT2D eigenvalue weighted by Crippen LogP contribution is 2.43. The molecule has 12 heteroatoms. The van der Waals surface area contributed by atoms with Crippen molar-refractivity contribution in [3.63, 3.8) is 0 Å². The second kappa shape index (κ2) is 37.4. The van der Waals surface area contributed by atoms with E-state index in [0.717, 1.165) is 63.7 Å². The van der Waals surface area contributed by atoms with Crippen molar-refractivity contribution in [2.24, 2.45) is 5.92 Å². The van der Waals surface area contributed by atoms with Gasteiger partial charge in [0.15, 0.2) is 6.10 Å². The van der Waals surface area contributed by atoms with Crippen LogP contribution >= 0.6 is 7.82 Å². The fraction of sp³-hybridized carbons (Fsp3) is 0.913. The lowest BCUT2D eigenvalue weighted by atomic mass is 10.0. The van der Waals surface area contributed by atoms with E-state index in [4.69, 9.17) is 28.4 Å². The van der Waals surface area contributed by atoms with Crippen LogP contribution in [0.5, 0.6) is 0 Å². The standard InChI is InChI=1S/C46H87O11P/c1-4-5-26-32-43-44(57-43)33-28-23-19-16-17-20-24-29-34-45(49)53-38-42(39-55-58(51,52)54-37-41(48)36-47)56-46(50)35-30-25-21-15-13-11-9-7-6-8-10-12-14-18-22-27-31-40(2)3/h23,28,40-44,47-48H,4-22,24-27,29-39H2,1-3H3,(H,51,52)/b28-23-/t41-,42+,43?,44?/m0/s1. The van der Waals surface area contributed by atoms with E-state index in [0.29, 0.717) is 25.0 Å². The highest BCUT2D eigenvalue weighted by Gasteiger charge is 2.36. The molecule has 3 unspecified atom stereocenters. The first-order chi connectivity index (χ1) is 28.1. The molecule has 0 aliphatic carbocycles. The molecule has 0 spiro atoms. The van der Waals surface area contributed by atoms with Crippen LogP contribution < -0.4 is 0 Å². The number of phosphoric acid groups is 1. The fourth-order valence-electron chi connectivity index (χ4n) is 7.01. The van der Waals surface area contributed by atoms with Gasteiger partial charge >= 0.3 is 19.8 Å². The quantitative estimate of drug-likeness (QED) is 0.0176. The number of rotatable bonds is 43. The Hall–Kier alpha value is -1.33. The van der Waals surface area contributed by atoms with Gasteiger partial charge in [-0.1, -0.05) is 174 Å². The first kappa shape index (κ1) is 54.7. The Morgan fingerprint density at radius 1 is 0.655 bits per heavy atom. The SMILES string of the molecule is CCCCCC1OC1C/C=C\CCCCCCCC(=O)OC[C@H](COP(=O)(O)OC[C@@H](O)CO)OC(=O)CCCCCCCCCCCCCCCCCCC(C)C. The van der Waals surface area contributed by atoms with Crippen LogP contribution in [0.15, 0.2) is 12.2 Å². The van der Waals surface area contributed by atoms with Gasteiger partial charge in [0.05, 0.1) is 32.0 Å². The summed E-state index contributed by atoms with van der Waals surface area (Å²) in [5.41, 5.74) is 0. The second-order valence-electron chi connectivity index (χ2n) is 17.0. The molecule has 1 rings (SSSR count). The predicted octanol–water partition coefficient (Wildman–Crippen LogP) is 11.6. The van der Waals surface area contributed by atoms with E-state index >= 15 is 0 Å². The van der Waals surface area contributed by atoms with E-state index in [-0.39, 0.29) is 19.4 Å². The van der Waals surface area contributed by atoms with Gasteiger partial charge in [0.25, 0.3) is 0 Å². The molecule has 1 fully saturated rings. The zero-order valence-corrected chi connectivity index (χ0v) is 38.0. The third-order valence-electron chi connectivity index (χ3n) is 10.8. The number of hydrogen-bond donors (Lipinski definition) is 3. The Labute approximate surface area is 353 Å². The lowest BCUT2D eigenvalue weighted by Crippen LogP contribution is -2.29. The van der Waals surface area contributed by atoms with Crippen molar-refractivity contribution in [1.82, 2.24) is 0 Å². The van der Waals surface area contributed by atoms with Crippen LogP contribution in [-0.4, -0.2) is 77.9 Å². The van der Waals surface area contributed by atoms with Crippen LogP contribution in [-0.2, 0) is 37.4 Å². The lowest BCUT2D eigenvalue weighted by molar-refractivity contribution is -0.161. The number of carbonyl (C=O) groups is 2. The summed E-state index contributed by atoms with van der Waals surface area (Å²) in [6.45, 7) is 4.71. The minimum absolute atomic E-state index is 0.183. The van der Waals surface area contributed by atoms with E-state index in [1.165, 1.54) is 109 Å². The van der Waals surface area contributed by atoms with E-state index < -0.39 is 51.8 Å². The number of allylic oxidation sites excluding steroid dienone is 1. The molecule has 1 heterocycles. The number of ether oxygens (including phenoxy) is 3. The van der Waals surface area contributed by atoms with Gasteiger partial charge < -0.3 is 29.3 Å². The third-order valence-corrected chi connectivity index (χ3v) is 11.7. The van der Waals surface area contributed by atoms with Crippen LogP contribution in [0.4, 0.5) is 0 Å². The molecule has 0 amide bonds. The normalized spacial score (nSPS) is 17.4. The number of phosphoric ester groups is 1. The first-order valence-corrected chi connectivity index (χ1v) is 25.1. The molecule has 342 valence electrons. The molecular formula is C46H87O11P. The minimum Gasteiger partial charge on any atom is -0.462 e. The topological polar surface area (TPSA) is 161 Å². The molecule has 0 aromatic heterocycles. The maximum atomic E-state index is 12.7. The number of unbranched alkanes of at least 4 members (excludes halogenated alkanes) is 22. The molecule has 1 saturated heterocycles. The van der Waals surface area contributed by atoms with Crippen LogP contribution in [0, 0.1) is 5.92 Å². The van der Waals surface area contributed by atoms with Crippen LogP contribution in [0.2, 0.25) is 0 Å². The van der Waals surface area contributed by atoms with Gasteiger partial charge in [-0.3, -0.25) is 18.6 Å². The number of aliphatic hydroxyl groups excluding tert-OH is 2. The van der Waals surface area contributed by atoms with Crippen molar-refractivity contribution >= 4 is 19.8 Å². The molecule has 3 N–H and O–H groups in total. The molecule has 1 aliphatic heterocycles. The fourth-order valence-corrected chi connectivity index (χ4v) is 7.80. The van der Waals surface area contributed by atoms with Crippen LogP contribution in [0.1, 0.15) is 213 Å². The number of aliphatic hydroxyl groups is 2. The van der Waals surface area contributed by atoms with E-state index in [1.54, 1.807) is 0 Å². The van der Waals surface area contributed by atoms with Gasteiger partial charge in [0.1, 0.15) is 12.7 Å². The Balaban J connectivity index is 2.19. The molecule has 0 radical (unpaired) electrons. The summed E-state index contributed by atoms with van der Waals surface area (Å²) in [6, 6.07) is 0. The molecule has 0 saturated carbocycles. The molecule has 0 aromatic carbocycles. The van der Waals surface area contributed by atoms with Crippen molar-refractivity contribution in [1.29, 1.82) is 0 Å². The van der Waals surface area contributed by atoms with E-state index in [9.17, 15) is 24.2 Å². The molecule has 1 aliphatic rings. The second-order valence-corrected chi connectivity index (χ2v) is 18.5. The average Bonchev–Trinajstić information content (AvgIpc) is 3.95. The smallest absolute Gasteiger partial charge is 0.462 e. The summed E-state index contributed by atoms with van der Waals surface area (Å²) in [5, 5.41) is 18.4. The van der Waals surface area contributed by atoms with Crippen LogP contribution in [0.3, 0.4) is 0 Å². The van der Waals surface area contributed by atoms with E-state index in [2.05, 4.69) is 32.9 Å². The lowest BCUT2D eigenvalue weighted by Gasteiger charge is -2.20. The van der Waals surface area contributed by atoms with Crippen LogP contribution in [0.25, 0.3) is 0 Å². The summed E-state index contributed by atoms with van der Waals surface area (Å²) in [4.78, 5) is 35.1. The Morgan fingerprint density at radius 2 is 1.17 bits per heavy atom. The number of esters is 2. The Bertz CT molecular complexity index is 1050. The van der Waals surface area contributed by atoms with Gasteiger partial charge in [0.2, 0.25) is 0 Å². The monoisotopic (exact) mass is 847 g/mol. The highest BCUT2D eigenvalue weighted by atomic mass is 31.2. The summed E-state index contributed by atoms with van der Waals surface area (Å²) in [6.07, 6.45) is 36.3. The summed E-state index contributed by atoms with van der Waals surface area (Å²) >= 11 is 0. The van der Waals surface area contributed by atoms with Crippen molar-refractivity contribution in [2.75, 3.05) is 26.4 Å². The number of epoxide rings is 1. The Morgan fingerprint density at radius 3 is 1.72 bits per heavy atom. The number of carbonyl (C=O) groups excluding carboxylic acids is 2. The summed E-state index contributed by atoms with van der Waals surface area (Å²) < 4.78 is 38.5. The highest BCUT2D eigenvalue weighted by molar-refractivity contribution is 7.47. The van der Waals surface area contributed by atoms with Gasteiger partial charge in [-0.25, -0.2) is 4.57 Å². The maximum absolute atomic E-state index is 12.7. The average molecular weight is 847 g/mol. The molecular weight excluding hydrogens is 759 g/mol. The van der Waals surface area contributed by atoms with Crippen molar-refractivity contribution in [3.05, 3.63) is 12.2 Å². The van der Waals surface area contributed by atoms with E-state index in [1.807, 2.05) is 0 Å². The van der Waals surface area contributed by atoms with Gasteiger partial charge in [-0.05, 0) is 44.4 Å². The predicted molar refractivity (Wildman–Crippen MR) is 232 cm³/mol. The van der Waals surface area contributed by atoms with Gasteiger partial charge in [0, 0.05) is 12.8 Å². The zero-order chi connectivity index (χ0) is 42.5. The maximum Gasteiger partial charge on any atom is 0.472 e. The van der Waals surface area contributed by atoms with Gasteiger partial charge in [-0.2, -0.15) is 0 Å². The van der Waals surface area contributed by atoms with Crippen molar-refractivity contribution < 1.29 is 52.5 Å². The molecule has 5 atom stereocenters.